The lowest BCUT2D eigenvalue weighted by Crippen LogP contribution is -2.51. The molecule has 1 atom stereocenters. The van der Waals surface area contributed by atoms with Crippen molar-refractivity contribution in [1.29, 1.82) is 0 Å². The lowest BCUT2D eigenvalue weighted by molar-refractivity contribution is -0.139. The van der Waals surface area contributed by atoms with Crippen LogP contribution in [0.4, 0.5) is 5.69 Å². The molecule has 7 nitrogen and oxygen atoms in total. The largest absolute Gasteiger partial charge is 0.354 e. The molecule has 0 spiro atoms. The molecule has 0 aliphatic carbocycles. The quantitative estimate of drug-likeness (QED) is 0.270. The van der Waals surface area contributed by atoms with Crippen molar-refractivity contribution in [3.8, 4) is 0 Å². The molecule has 3 aromatic rings. The van der Waals surface area contributed by atoms with Crippen LogP contribution in [0, 0.1) is 12.8 Å². The van der Waals surface area contributed by atoms with Gasteiger partial charge < -0.3 is 10.2 Å². The molecule has 3 rings (SSSR count). The van der Waals surface area contributed by atoms with E-state index in [0.717, 1.165) is 15.4 Å². The van der Waals surface area contributed by atoms with Crippen LogP contribution in [0.3, 0.4) is 0 Å². The van der Waals surface area contributed by atoms with Crippen LogP contribution in [0.25, 0.3) is 0 Å². The van der Waals surface area contributed by atoms with Gasteiger partial charge in [-0.25, -0.2) is 8.42 Å². The summed E-state index contributed by atoms with van der Waals surface area (Å²) in [5.74, 6) is -0.754. The number of rotatable bonds is 11. The summed E-state index contributed by atoms with van der Waals surface area (Å²) in [4.78, 5) is 28.3. The zero-order chi connectivity index (χ0) is 29.6. The van der Waals surface area contributed by atoms with Crippen molar-refractivity contribution in [3.63, 3.8) is 0 Å². The minimum absolute atomic E-state index is 0.0195. The van der Waals surface area contributed by atoms with Crippen LogP contribution in [0.2, 0.25) is 15.1 Å². The first-order valence-corrected chi connectivity index (χ1v) is 15.2. The highest BCUT2D eigenvalue weighted by molar-refractivity contribution is 7.92. The maximum absolute atomic E-state index is 13.9. The van der Waals surface area contributed by atoms with E-state index in [1.165, 1.54) is 35.2 Å². The van der Waals surface area contributed by atoms with E-state index in [9.17, 15) is 18.0 Å². The van der Waals surface area contributed by atoms with Crippen molar-refractivity contribution in [1.82, 2.24) is 10.2 Å². The summed E-state index contributed by atoms with van der Waals surface area (Å²) in [7, 11) is -4.26. The lowest BCUT2D eigenvalue weighted by atomic mass is 10.1. The highest BCUT2D eigenvalue weighted by Crippen LogP contribution is 2.33. The molecule has 0 saturated carbocycles. The zero-order valence-electron chi connectivity index (χ0n) is 22.7. The van der Waals surface area contributed by atoms with Gasteiger partial charge in [0.25, 0.3) is 10.0 Å². The second-order valence-electron chi connectivity index (χ2n) is 9.88. The number of anilines is 1. The predicted molar refractivity (Wildman–Crippen MR) is 161 cm³/mol. The van der Waals surface area contributed by atoms with Crippen LogP contribution >= 0.6 is 34.8 Å². The maximum Gasteiger partial charge on any atom is 0.264 e. The van der Waals surface area contributed by atoms with Crippen molar-refractivity contribution in [2.45, 2.75) is 45.2 Å². The van der Waals surface area contributed by atoms with Crippen LogP contribution in [0.15, 0.2) is 71.6 Å². The first-order chi connectivity index (χ1) is 18.8. The molecule has 1 N–H and O–H groups in total. The van der Waals surface area contributed by atoms with E-state index < -0.39 is 28.5 Å². The first-order valence-electron chi connectivity index (χ1n) is 12.7. The van der Waals surface area contributed by atoms with Crippen molar-refractivity contribution >= 4 is 62.3 Å². The third-order valence-electron chi connectivity index (χ3n) is 6.18. The van der Waals surface area contributed by atoms with E-state index in [-0.39, 0.29) is 39.0 Å². The first kappa shape index (κ1) is 31.7. The predicted octanol–water partition coefficient (Wildman–Crippen LogP) is 6.34. The van der Waals surface area contributed by atoms with Gasteiger partial charge in [0.2, 0.25) is 11.8 Å². The molecule has 0 aliphatic heterocycles. The van der Waals surface area contributed by atoms with E-state index in [4.69, 9.17) is 34.8 Å². The van der Waals surface area contributed by atoms with Gasteiger partial charge in [-0.2, -0.15) is 0 Å². The highest BCUT2D eigenvalue weighted by Gasteiger charge is 2.33. The molecule has 0 fully saturated rings. The Bertz CT molecular complexity index is 1450. The summed E-state index contributed by atoms with van der Waals surface area (Å²) < 4.78 is 28.7. The minimum atomic E-state index is -4.26. The fourth-order valence-corrected chi connectivity index (χ4v) is 5.84. The third-order valence-corrected chi connectivity index (χ3v) is 8.76. The van der Waals surface area contributed by atoms with Crippen LogP contribution in [0.1, 0.15) is 31.9 Å². The number of halogens is 3. The zero-order valence-corrected chi connectivity index (χ0v) is 25.8. The number of hydrogen-bond donors (Lipinski definition) is 1. The molecule has 2 amide bonds. The topological polar surface area (TPSA) is 86.8 Å². The Labute approximate surface area is 251 Å². The Morgan fingerprint density at radius 3 is 2.08 bits per heavy atom. The molecular weight excluding hydrogens is 593 g/mol. The second kappa shape index (κ2) is 13.7. The molecule has 1 unspecified atom stereocenters. The number of hydrogen-bond acceptors (Lipinski definition) is 4. The second-order valence-corrected chi connectivity index (χ2v) is 13.0. The molecular formula is C29H32Cl3N3O4S. The van der Waals surface area contributed by atoms with Crippen molar-refractivity contribution in [2.24, 2.45) is 5.92 Å². The Morgan fingerprint density at radius 1 is 0.875 bits per heavy atom. The number of amides is 2. The molecule has 0 aromatic heterocycles. The van der Waals surface area contributed by atoms with E-state index in [2.05, 4.69) is 5.32 Å². The molecule has 0 bridgehead atoms. The van der Waals surface area contributed by atoms with Crippen LogP contribution < -0.4 is 9.62 Å². The Kier molecular flexibility index (Phi) is 10.9. The Morgan fingerprint density at radius 2 is 1.48 bits per heavy atom. The van der Waals surface area contributed by atoms with Gasteiger partial charge in [0.05, 0.1) is 15.6 Å². The third kappa shape index (κ3) is 8.13. The standard InChI is InChI=1S/C29H32Cl3N3O4S/c1-19(2)16-33-29(37)21(4)34(17-22-7-9-23(30)10-8-22)28(36)18-35(27-15-24(31)11-14-26(27)32)40(38,39)25-12-5-20(3)6-13-25/h5-15,19,21H,16-18H2,1-4H3,(H,33,37). The van der Waals surface area contributed by atoms with Gasteiger partial charge >= 0.3 is 0 Å². The van der Waals surface area contributed by atoms with E-state index in [1.807, 2.05) is 20.8 Å². The minimum Gasteiger partial charge on any atom is -0.354 e. The molecule has 0 heterocycles. The van der Waals surface area contributed by atoms with E-state index in [1.54, 1.807) is 43.3 Å². The smallest absolute Gasteiger partial charge is 0.264 e. The number of benzene rings is 3. The van der Waals surface area contributed by atoms with Gasteiger partial charge in [-0.05, 0) is 67.8 Å². The molecule has 40 heavy (non-hydrogen) atoms. The summed E-state index contributed by atoms with van der Waals surface area (Å²) >= 11 is 18.7. The number of aryl methyl sites for hydroxylation is 1. The van der Waals surface area contributed by atoms with Crippen molar-refractivity contribution in [3.05, 3.63) is 92.9 Å². The van der Waals surface area contributed by atoms with Crippen molar-refractivity contribution < 1.29 is 18.0 Å². The van der Waals surface area contributed by atoms with E-state index in [0.29, 0.717) is 11.6 Å². The Hall–Kier alpha value is -2.78. The average molecular weight is 625 g/mol. The molecule has 3 aromatic carbocycles. The number of nitrogens with one attached hydrogen (secondary N) is 1. The SMILES string of the molecule is Cc1ccc(S(=O)(=O)N(CC(=O)N(Cc2ccc(Cl)cc2)C(C)C(=O)NCC(C)C)c2cc(Cl)ccc2Cl)cc1. The lowest BCUT2D eigenvalue weighted by Gasteiger charge is -2.32. The van der Waals surface area contributed by atoms with Crippen LogP contribution in [-0.4, -0.2) is 44.3 Å². The van der Waals surface area contributed by atoms with Gasteiger partial charge in [0.15, 0.2) is 0 Å². The monoisotopic (exact) mass is 623 g/mol. The molecule has 214 valence electrons. The molecule has 0 aliphatic rings. The van der Waals surface area contributed by atoms with Crippen LogP contribution in [0.5, 0.6) is 0 Å². The van der Waals surface area contributed by atoms with Gasteiger partial charge in [-0.15, -0.1) is 0 Å². The van der Waals surface area contributed by atoms with Gasteiger partial charge in [-0.1, -0.05) is 78.5 Å². The van der Waals surface area contributed by atoms with Gasteiger partial charge in [-0.3, -0.25) is 13.9 Å². The number of carbonyl (C=O) groups is 2. The highest BCUT2D eigenvalue weighted by atomic mass is 35.5. The summed E-state index contributed by atoms with van der Waals surface area (Å²) in [6, 6.07) is 16.6. The van der Waals surface area contributed by atoms with Gasteiger partial charge in [0.1, 0.15) is 12.6 Å². The Balaban J connectivity index is 2.05. The summed E-state index contributed by atoms with van der Waals surface area (Å²) in [6.07, 6.45) is 0. The summed E-state index contributed by atoms with van der Waals surface area (Å²) in [5.41, 5.74) is 1.64. The molecule has 11 heteroatoms. The normalized spacial score (nSPS) is 12.2. The fourth-order valence-electron chi connectivity index (χ4n) is 3.85. The van der Waals surface area contributed by atoms with Crippen molar-refractivity contribution in [2.75, 3.05) is 17.4 Å². The van der Waals surface area contributed by atoms with Gasteiger partial charge in [0, 0.05) is 23.1 Å². The number of carbonyl (C=O) groups excluding carboxylic acids is 2. The van der Waals surface area contributed by atoms with Crippen LogP contribution in [-0.2, 0) is 26.2 Å². The van der Waals surface area contributed by atoms with E-state index >= 15 is 0 Å². The molecule has 0 saturated heterocycles. The summed E-state index contributed by atoms with van der Waals surface area (Å²) in [5, 5.41) is 3.72. The number of sulfonamides is 1. The number of nitrogens with zero attached hydrogens (tertiary/aromatic N) is 2. The average Bonchev–Trinajstić information content (AvgIpc) is 2.91. The fraction of sp³-hybridized carbons (Fsp3) is 0.310. The molecule has 0 radical (unpaired) electrons. The summed E-state index contributed by atoms with van der Waals surface area (Å²) in [6.45, 7) is 7.23. The maximum atomic E-state index is 13.9.